The van der Waals surface area contributed by atoms with E-state index >= 15 is 0 Å². The molecule has 0 radical (unpaired) electrons. The van der Waals surface area contributed by atoms with Crippen molar-refractivity contribution in [3.05, 3.63) is 77.5 Å². The average Bonchev–Trinajstić information content (AvgIpc) is 2.49. The number of thioether (sulfide) groups is 1. The van der Waals surface area contributed by atoms with Crippen LogP contribution in [0.2, 0.25) is 0 Å². The van der Waals surface area contributed by atoms with E-state index in [0.29, 0.717) is 0 Å². The molecule has 1 nitrogen and oxygen atoms in total. The third-order valence-corrected chi connectivity index (χ3v) is 4.44. The van der Waals surface area contributed by atoms with Gasteiger partial charge in [-0.1, -0.05) is 48.5 Å². The summed E-state index contributed by atoms with van der Waals surface area (Å²) < 4.78 is 0. The molecule has 0 amide bonds. The Morgan fingerprint density at radius 2 is 1.65 bits per heavy atom. The van der Waals surface area contributed by atoms with Crippen LogP contribution in [-0.2, 0) is 11.5 Å². The van der Waals surface area contributed by atoms with Gasteiger partial charge in [0.05, 0.1) is 11.2 Å². The van der Waals surface area contributed by atoms with Gasteiger partial charge in [-0.15, -0.1) is 0 Å². The Labute approximate surface area is 124 Å². The van der Waals surface area contributed by atoms with Gasteiger partial charge in [0.25, 0.3) is 0 Å². The van der Waals surface area contributed by atoms with E-state index in [-0.39, 0.29) is 0 Å². The van der Waals surface area contributed by atoms with Crippen molar-refractivity contribution in [2.24, 2.45) is 0 Å². The van der Waals surface area contributed by atoms with Crippen molar-refractivity contribution in [3.8, 4) is 0 Å². The quantitative estimate of drug-likeness (QED) is 0.668. The third-order valence-electron chi connectivity index (χ3n) is 3.42. The molecule has 0 N–H and O–H groups in total. The summed E-state index contributed by atoms with van der Waals surface area (Å²) in [5, 5.41) is 1.21. The monoisotopic (exact) mass is 279 g/mol. The van der Waals surface area contributed by atoms with Crippen LogP contribution in [0.3, 0.4) is 0 Å². The SMILES string of the molecule is Cc1ccccc1CSCc1ccc2ccccc2n1. The molecule has 2 aromatic carbocycles. The molecule has 2 heteroatoms. The zero-order chi connectivity index (χ0) is 13.8. The lowest BCUT2D eigenvalue weighted by Gasteiger charge is -2.06. The molecule has 100 valence electrons. The summed E-state index contributed by atoms with van der Waals surface area (Å²) in [6.45, 7) is 2.17. The van der Waals surface area contributed by atoms with Gasteiger partial charge in [-0.3, -0.25) is 4.98 Å². The van der Waals surface area contributed by atoms with Crippen molar-refractivity contribution in [2.75, 3.05) is 0 Å². The number of para-hydroxylation sites is 1. The third kappa shape index (κ3) is 3.02. The molecule has 0 fully saturated rings. The molecule has 1 heterocycles. The molecule has 3 aromatic rings. The van der Waals surface area contributed by atoms with Crippen LogP contribution < -0.4 is 0 Å². The van der Waals surface area contributed by atoms with E-state index in [0.717, 1.165) is 22.7 Å². The van der Waals surface area contributed by atoms with Gasteiger partial charge in [-0.25, -0.2) is 0 Å². The summed E-state index contributed by atoms with van der Waals surface area (Å²) in [4.78, 5) is 4.71. The minimum atomic E-state index is 0.958. The highest BCUT2D eigenvalue weighted by Crippen LogP contribution is 2.20. The van der Waals surface area contributed by atoms with Crippen molar-refractivity contribution >= 4 is 22.7 Å². The van der Waals surface area contributed by atoms with E-state index in [9.17, 15) is 0 Å². The molecule has 0 aliphatic heterocycles. The lowest BCUT2D eigenvalue weighted by atomic mass is 10.1. The van der Waals surface area contributed by atoms with Gasteiger partial charge in [-0.05, 0) is 30.2 Å². The predicted octanol–water partition coefficient (Wildman–Crippen LogP) is 4.98. The number of aromatic nitrogens is 1. The average molecular weight is 279 g/mol. The van der Waals surface area contributed by atoms with Gasteiger partial charge in [0, 0.05) is 16.9 Å². The molecule has 20 heavy (non-hydrogen) atoms. The minimum absolute atomic E-state index is 0.958. The number of nitrogens with zero attached hydrogens (tertiary/aromatic N) is 1. The second kappa shape index (κ2) is 6.10. The highest BCUT2D eigenvalue weighted by atomic mass is 32.2. The maximum atomic E-state index is 4.71. The molecular weight excluding hydrogens is 262 g/mol. The summed E-state index contributed by atoms with van der Waals surface area (Å²) in [5.41, 5.74) is 5.02. The first-order valence-corrected chi connectivity index (χ1v) is 7.95. The highest BCUT2D eigenvalue weighted by Gasteiger charge is 2.01. The van der Waals surface area contributed by atoms with Gasteiger partial charge in [0.15, 0.2) is 0 Å². The number of aryl methyl sites for hydroxylation is 1. The van der Waals surface area contributed by atoms with E-state index in [1.165, 1.54) is 16.5 Å². The van der Waals surface area contributed by atoms with E-state index in [1.807, 2.05) is 17.8 Å². The molecule has 0 saturated heterocycles. The van der Waals surface area contributed by atoms with Gasteiger partial charge in [-0.2, -0.15) is 11.8 Å². The number of benzene rings is 2. The topological polar surface area (TPSA) is 12.9 Å². The first-order valence-electron chi connectivity index (χ1n) is 6.80. The summed E-state index contributed by atoms with van der Waals surface area (Å²) in [5.74, 6) is 2.00. The van der Waals surface area contributed by atoms with Gasteiger partial charge in [0.1, 0.15) is 0 Å². The number of hydrogen-bond acceptors (Lipinski definition) is 2. The van der Waals surface area contributed by atoms with Crippen molar-refractivity contribution < 1.29 is 0 Å². The maximum absolute atomic E-state index is 4.71. The van der Waals surface area contributed by atoms with Gasteiger partial charge >= 0.3 is 0 Å². The Morgan fingerprint density at radius 3 is 2.55 bits per heavy atom. The Morgan fingerprint density at radius 1 is 0.850 bits per heavy atom. The van der Waals surface area contributed by atoms with E-state index in [4.69, 9.17) is 4.98 Å². The number of fused-ring (bicyclic) bond motifs is 1. The Hall–Kier alpha value is -1.80. The summed E-state index contributed by atoms with van der Waals surface area (Å²) >= 11 is 1.92. The molecule has 1 aromatic heterocycles. The zero-order valence-corrected chi connectivity index (χ0v) is 12.4. The molecule has 0 unspecified atom stereocenters. The fourth-order valence-electron chi connectivity index (χ4n) is 2.23. The lowest BCUT2D eigenvalue weighted by molar-refractivity contribution is 1.21. The first kappa shape index (κ1) is 13.2. The van der Waals surface area contributed by atoms with Gasteiger partial charge < -0.3 is 0 Å². The van der Waals surface area contributed by atoms with E-state index < -0.39 is 0 Å². The van der Waals surface area contributed by atoms with Crippen LogP contribution >= 0.6 is 11.8 Å². The normalized spacial score (nSPS) is 10.8. The van der Waals surface area contributed by atoms with E-state index in [2.05, 4.69) is 61.5 Å². The van der Waals surface area contributed by atoms with Crippen LogP contribution in [0.25, 0.3) is 10.9 Å². The molecule has 0 spiro atoms. The van der Waals surface area contributed by atoms with Crippen LogP contribution in [0.15, 0.2) is 60.7 Å². The van der Waals surface area contributed by atoms with Crippen molar-refractivity contribution in [1.82, 2.24) is 4.98 Å². The van der Waals surface area contributed by atoms with Crippen LogP contribution in [-0.4, -0.2) is 4.98 Å². The standard InChI is InChI=1S/C18H17NS/c1-14-6-2-3-8-16(14)12-20-13-17-11-10-15-7-4-5-9-18(15)19-17/h2-11H,12-13H2,1H3. The van der Waals surface area contributed by atoms with Crippen LogP contribution in [0, 0.1) is 6.92 Å². The summed E-state index contributed by atoms with van der Waals surface area (Å²) in [6, 6.07) is 21.1. The van der Waals surface area contributed by atoms with Crippen molar-refractivity contribution in [1.29, 1.82) is 0 Å². The summed E-state index contributed by atoms with van der Waals surface area (Å²) in [6.07, 6.45) is 0. The summed E-state index contributed by atoms with van der Waals surface area (Å²) in [7, 11) is 0. The van der Waals surface area contributed by atoms with Crippen molar-refractivity contribution in [2.45, 2.75) is 18.4 Å². The molecule has 0 aliphatic carbocycles. The lowest BCUT2D eigenvalue weighted by Crippen LogP contribution is -1.90. The fraction of sp³-hybridized carbons (Fsp3) is 0.167. The molecule has 0 bridgehead atoms. The Bertz CT molecular complexity index is 721. The Balaban J connectivity index is 1.67. The predicted molar refractivity (Wildman–Crippen MR) is 87.9 cm³/mol. The van der Waals surface area contributed by atoms with Gasteiger partial charge in [0.2, 0.25) is 0 Å². The first-order chi connectivity index (χ1) is 9.83. The molecule has 0 aliphatic rings. The number of pyridine rings is 1. The minimum Gasteiger partial charge on any atom is -0.252 e. The highest BCUT2D eigenvalue weighted by molar-refractivity contribution is 7.97. The number of rotatable bonds is 4. The van der Waals surface area contributed by atoms with Crippen LogP contribution in [0.5, 0.6) is 0 Å². The largest absolute Gasteiger partial charge is 0.252 e. The van der Waals surface area contributed by atoms with E-state index in [1.54, 1.807) is 0 Å². The second-order valence-corrected chi connectivity index (χ2v) is 5.90. The van der Waals surface area contributed by atoms with Crippen LogP contribution in [0.1, 0.15) is 16.8 Å². The zero-order valence-electron chi connectivity index (χ0n) is 11.5. The van der Waals surface area contributed by atoms with Crippen LogP contribution in [0.4, 0.5) is 0 Å². The Kier molecular flexibility index (Phi) is 4.03. The fourth-order valence-corrected chi connectivity index (χ4v) is 3.24. The molecule has 0 atom stereocenters. The second-order valence-electron chi connectivity index (χ2n) is 4.91. The maximum Gasteiger partial charge on any atom is 0.0705 e. The van der Waals surface area contributed by atoms with Crippen molar-refractivity contribution in [3.63, 3.8) is 0 Å². The number of hydrogen-bond donors (Lipinski definition) is 0. The molecule has 0 saturated carbocycles. The molecule has 3 rings (SSSR count). The molecular formula is C18H17NS. The smallest absolute Gasteiger partial charge is 0.0705 e.